The molecule has 1 saturated heterocycles. The number of furan rings is 1. The maximum atomic E-state index is 12.9. The molecular weight excluding hydrogens is 408 g/mol. The Morgan fingerprint density at radius 1 is 1.30 bits per heavy atom. The zero-order valence-electron chi connectivity index (χ0n) is 17.2. The Balaban J connectivity index is 2.03. The quantitative estimate of drug-likeness (QED) is 0.389. The molecule has 2 heterocycles. The molecule has 8 heteroatoms. The first-order valence-electron chi connectivity index (χ1n) is 9.74. The number of rotatable bonds is 8. The summed E-state index contributed by atoms with van der Waals surface area (Å²) < 4.78 is 10.9. The van der Waals surface area contributed by atoms with Crippen LogP contribution in [0.2, 0.25) is 5.02 Å². The van der Waals surface area contributed by atoms with E-state index < -0.39 is 17.7 Å². The van der Waals surface area contributed by atoms with Gasteiger partial charge in [0.1, 0.15) is 23.3 Å². The zero-order valence-corrected chi connectivity index (χ0v) is 18.0. The molecule has 1 aromatic heterocycles. The summed E-state index contributed by atoms with van der Waals surface area (Å²) in [5.74, 6) is -0.813. The lowest BCUT2D eigenvalue weighted by Gasteiger charge is -2.24. The monoisotopic (exact) mass is 432 g/mol. The topological polar surface area (TPSA) is 83.2 Å². The number of benzene rings is 1. The second-order valence-electron chi connectivity index (χ2n) is 7.24. The van der Waals surface area contributed by atoms with Crippen LogP contribution in [0.3, 0.4) is 0 Å². The first kappa shape index (κ1) is 21.9. The average Bonchev–Trinajstić information content (AvgIpc) is 3.31. The highest BCUT2D eigenvalue weighted by Crippen LogP contribution is 2.40. The molecule has 1 atom stereocenters. The standard InChI is InChI=1S/C22H25ClN2O5/c1-4-29-16-9-8-14(13-15(16)23)20(26)18-19(17-7-5-12-30-17)25(22(28)21(18)27)11-6-10-24(2)3/h5,7-9,12-13,19,26H,4,6,10-11H2,1-3H3/b20-18+/t19-/m1/s1. The number of halogens is 1. The maximum Gasteiger partial charge on any atom is 0.295 e. The van der Waals surface area contributed by atoms with E-state index in [2.05, 4.69) is 0 Å². The normalized spacial score (nSPS) is 18.4. The van der Waals surface area contributed by atoms with Crippen molar-refractivity contribution in [2.45, 2.75) is 19.4 Å². The van der Waals surface area contributed by atoms with Gasteiger partial charge in [-0.05, 0) is 64.3 Å². The van der Waals surface area contributed by atoms with Crippen LogP contribution in [-0.4, -0.2) is 60.4 Å². The molecule has 0 aliphatic carbocycles. The fourth-order valence-corrected chi connectivity index (χ4v) is 3.72. The molecule has 1 amide bonds. The fraction of sp³-hybridized carbons (Fsp3) is 0.364. The molecule has 7 nitrogen and oxygen atoms in total. The van der Waals surface area contributed by atoms with Gasteiger partial charge in [0.05, 0.1) is 23.5 Å². The molecule has 1 aliphatic heterocycles. The van der Waals surface area contributed by atoms with E-state index in [0.29, 0.717) is 41.7 Å². The van der Waals surface area contributed by atoms with Crippen LogP contribution in [0.25, 0.3) is 5.76 Å². The molecule has 1 aliphatic rings. The largest absolute Gasteiger partial charge is 0.507 e. The van der Waals surface area contributed by atoms with Gasteiger partial charge in [0, 0.05) is 12.1 Å². The molecule has 0 radical (unpaired) electrons. The molecule has 160 valence electrons. The van der Waals surface area contributed by atoms with Gasteiger partial charge in [0.15, 0.2) is 0 Å². The lowest BCUT2D eigenvalue weighted by Crippen LogP contribution is -2.32. The van der Waals surface area contributed by atoms with E-state index in [1.54, 1.807) is 24.3 Å². The number of ketones is 1. The summed E-state index contributed by atoms with van der Waals surface area (Å²) in [6, 6.07) is 7.31. The number of likely N-dealkylation sites (tertiary alicyclic amines) is 1. The van der Waals surface area contributed by atoms with Gasteiger partial charge in [0.2, 0.25) is 0 Å². The van der Waals surface area contributed by atoms with Crippen LogP contribution in [0.5, 0.6) is 5.75 Å². The van der Waals surface area contributed by atoms with Gasteiger partial charge >= 0.3 is 0 Å². The third kappa shape index (κ3) is 4.37. The molecule has 1 aromatic carbocycles. The number of ether oxygens (including phenoxy) is 1. The van der Waals surface area contributed by atoms with Crippen LogP contribution in [0.4, 0.5) is 0 Å². The van der Waals surface area contributed by atoms with E-state index in [1.165, 1.54) is 17.2 Å². The van der Waals surface area contributed by atoms with Crippen molar-refractivity contribution in [1.29, 1.82) is 0 Å². The predicted molar refractivity (Wildman–Crippen MR) is 114 cm³/mol. The number of carbonyl (C=O) groups is 2. The van der Waals surface area contributed by atoms with Crippen molar-refractivity contribution >= 4 is 29.1 Å². The summed E-state index contributed by atoms with van der Waals surface area (Å²) in [5.41, 5.74) is 0.311. The van der Waals surface area contributed by atoms with Crippen molar-refractivity contribution in [1.82, 2.24) is 9.80 Å². The third-order valence-corrected chi connectivity index (χ3v) is 5.16. The molecule has 2 aromatic rings. The summed E-state index contributed by atoms with van der Waals surface area (Å²) >= 11 is 6.24. The van der Waals surface area contributed by atoms with Gasteiger partial charge in [-0.25, -0.2) is 0 Å². The van der Waals surface area contributed by atoms with Crippen molar-refractivity contribution in [3.8, 4) is 5.75 Å². The molecule has 3 rings (SSSR count). The predicted octanol–water partition coefficient (Wildman–Crippen LogP) is 3.71. The van der Waals surface area contributed by atoms with Crippen molar-refractivity contribution in [2.24, 2.45) is 0 Å². The van der Waals surface area contributed by atoms with Crippen molar-refractivity contribution < 1.29 is 23.8 Å². The first-order chi connectivity index (χ1) is 14.3. The SMILES string of the molecule is CCOc1ccc(/C(O)=C2\C(=O)C(=O)N(CCCN(C)C)[C@@H]2c2ccco2)cc1Cl. The minimum atomic E-state index is -0.799. The molecule has 0 spiro atoms. The highest BCUT2D eigenvalue weighted by molar-refractivity contribution is 6.46. The lowest BCUT2D eigenvalue weighted by atomic mass is 9.99. The molecule has 0 unspecified atom stereocenters. The highest BCUT2D eigenvalue weighted by atomic mass is 35.5. The van der Waals surface area contributed by atoms with Crippen molar-refractivity contribution in [3.63, 3.8) is 0 Å². The van der Waals surface area contributed by atoms with Crippen LogP contribution < -0.4 is 4.74 Å². The summed E-state index contributed by atoms with van der Waals surface area (Å²) in [5, 5.41) is 11.3. The fourth-order valence-electron chi connectivity index (χ4n) is 3.49. The van der Waals surface area contributed by atoms with Gasteiger partial charge in [-0.2, -0.15) is 0 Å². The number of hydrogen-bond acceptors (Lipinski definition) is 6. The van der Waals surface area contributed by atoms with E-state index in [1.807, 2.05) is 25.9 Å². The summed E-state index contributed by atoms with van der Waals surface area (Å²) in [7, 11) is 3.88. The van der Waals surface area contributed by atoms with Crippen molar-refractivity contribution in [2.75, 3.05) is 33.8 Å². The molecule has 1 N–H and O–H groups in total. The van der Waals surface area contributed by atoms with E-state index in [9.17, 15) is 14.7 Å². The second-order valence-corrected chi connectivity index (χ2v) is 7.65. The average molecular weight is 433 g/mol. The van der Waals surface area contributed by atoms with E-state index in [0.717, 1.165) is 6.54 Å². The van der Waals surface area contributed by atoms with Gasteiger partial charge < -0.3 is 24.1 Å². The number of amides is 1. The molecule has 30 heavy (non-hydrogen) atoms. The van der Waals surface area contributed by atoms with Crippen molar-refractivity contribution in [3.05, 3.63) is 58.5 Å². The minimum absolute atomic E-state index is 0.0139. The number of aliphatic hydroxyl groups is 1. The van der Waals surface area contributed by atoms with Gasteiger partial charge in [-0.15, -0.1) is 0 Å². The summed E-state index contributed by atoms with van der Waals surface area (Å²) in [6.45, 7) is 3.39. The number of carbonyl (C=O) groups excluding carboxylic acids is 2. The Bertz CT molecular complexity index is 952. The van der Waals surface area contributed by atoms with Gasteiger partial charge in [0.25, 0.3) is 11.7 Å². The summed E-state index contributed by atoms with van der Waals surface area (Å²) in [6.07, 6.45) is 2.15. The number of aliphatic hydroxyl groups excluding tert-OH is 1. The summed E-state index contributed by atoms with van der Waals surface area (Å²) in [4.78, 5) is 29.1. The number of nitrogens with zero attached hydrogens (tertiary/aromatic N) is 2. The van der Waals surface area contributed by atoms with E-state index in [4.69, 9.17) is 20.8 Å². The van der Waals surface area contributed by atoms with Crippen LogP contribution in [-0.2, 0) is 9.59 Å². The molecule has 0 bridgehead atoms. The minimum Gasteiger partial charge on any atom is -0.507 e. The molecular formula is C22H25ClN2O5. The molecule has 0 saturated carbocycles. The number of hydrogen-bond donors (Lipinski definition) is 1. The van der Waals surface area contributed by atoms with Crippen LogP contribution in [0.15, 0.2) is 46.6 Å². The van der Waals surface area contributed by atoms with E-state index in [-0.39, 0.29) is 11.3 Å². The third-order valence-electron chi connectivity index (χ3n) is 4.86. The Kier molecular flexibility index (Phi) is 6.84. The van der Waals surface area contributed by atoms with Gasteiger partial charge in [-0.3, -0.25) is 9.59 Å². The lowest BCUT2D eigenvalue weighted by molar-refractivity contribution is -0.140. The van der Waals surface area contributed by atoms with Crippen LogP contribution in [0, 0.1) is 0 Å². The Labute approximate surface area is 180 Å². The zero-order chi connectivity index (χ0) is 21.8. The van der Waals surface area contributed by atoms with E-state index >= 15 is 0 Å². The smallest absolute Gasteiger partial charge is 0.295 e. The Hall–Kier alpha value is -2.77. The second kappa shape index (κ2) is 9.36. The van der Waals surface area contributed by atoms with Crippen LogP contribution >= 0.6 is 11.6 Å². The van der Waals surface area contributed by atoms with Crippen LogP contribution in [0.1, 0.15) is 30.7 Å². The first-order valence-corrected chi connectivity index (χ1v) is 10.1. The highest BCUT2D eigenvalue weighted by Gasteiger charge is 2.47. The Morgan fingerprint density at radius 3 is 2.67 bits per heavy atom. The number of Topliss-reactive ketones (excluding diaryl/α,β-unsaturated/α-hetero) is 1. The molecule has 1 fully saturated rings. The Morgan fingerprint density at radius 2 is 2.07 bits per heavy atom. The maximum absolute atomic E-state index is 12.9. The van der Waals surface area contributed by atoms with Gasteiger partial charge in [-0.1, -0.05) is 11.6 Å².